The van der Waals surface area contributed by atoms with E-state index >= 15 is 0 Å². The Morgan fingerprint density at radius 2 is 2.08 bits per heavy atom. The topological polar surface area (TPSA) is 63.4 Å². The van der Waals surface area contributed by atoms with E-state index in [9.17, 15) is 9.59 Å². The lowest BCUT2D eigenvalue weighted by Crippen LogP contribution is -2.45. The maximum Gasteiger partial charge on any atom is 0.222 e. The summed E-state index contributed by atoms with van der Waals surface area (Å²) in [6.45, 7) is 0. The summed E-state index contributed by atoms with van der Waals surface area (Å²) >= 11 is 0. The van der Waals surface area contributed by atoms with Crippen molar-refractivity contribution in [3.05, 3.63) is 0 Å². The van der Waals surface area contributed by atoms with E-state index in [1.54, 1.807) is 11.9 Å². The molecule has 0 heterocycles. The second kappa shape index (κ2) is 4.25. The van der Waals surface area contributed by atoms with Gasteiger partial charge in [0.05, 0.1) is 5.92 Å². The lowest BCUT2D eigenvalue weighted by Gasteiger charge is -2.34. The van der Waals surface area contributed by atoms with Crippen LogP contribution in [0.15, 0.2) is 0 Å². The fraction of sp³-hybridized carbons (Fsp3) is 0.778. The molecule has 1 fully saturated rings. The molecule has 2 unspecified atom stereocenters. The van der Waals surface area contributed by atoms with Crippen molar-refractivity contribution in [3.8, 4) is 0 Å². The van der Waals surface area contributed by atoms with E-state index in [-0.39, 0.29) is 17.9 Å². The summed E-state index contributed by atoms with van der Waals surface area (Å²) in [4.78, 5) is 23.2. The van der Waals surface area contributed by atoms with Crippen LogP contribution < -0.4 is 5.73 Å². The standard InChI is InChI=1S/C9H16N2O2/c1-11(6-12)8-5-3-2-4-7(8)9(10)13/h6-8H,2-5H2,1H3,(H2,10,13). The van der Waals surface area contributed by atoms with Gasteiger partial charge in [0.25, 0.3) is 0 Å². The van der Waals surface area contributed by atoms with Crippen LogP contribution in [-0.4, -0.2) is 30.3 Å². The van der Waals surface area contributed by atoms with Crippen molar-refractivity contribution in [1.82, 2.24) is 4.90 Å². The highest BCUT2D eigenvalue weighted by Crippen LogP contribution is 2.26. The smallest absolute Gasteiger partial charge is 0.222 e. The molecular weight excluding hydrogens is 168 g/mol. The number of hydrogen-bond donors (Lipinski definition) is 1. The van der Waals surface area contributed by atoms with E-state index < -0.39 is 0 Å². The Labute approximate surface area is 78.1 Å². The Bertz CT molecular complexity index is 206. The third kappa shape index (κ3) is 2.20. The Morgan fingerprint density at radius 1 is 1.46 bits per heavy atom. The van der Waals surface area contributed by atoms with E-state index in [1.165, 1.54) is 0 Å². The van der Waals surface area contributed by atoms with Gasteiger partial charge in [-0.2, -0.15) is 0 Å². The quantitative estimate of drug-likeness (QED) is 0.633. The Balaban J connectivity index is 2.66. The van der Waals surface area contributed by atoms with Crippen LogP contribution in [0.2, 0.25) is 0 Å². The molecule has 0 bridgehead atoms. The molecule has 1 aliphatic rings. The lowest BCUT2D eigenvalue weighted by atomic mass is 9.83. The van der Waals surface area contributed by atoms with E-state index in [0.717, 1.165) is 32.1 Å². The molecule has 0 aromatic carbocycles. The molecule has 0 saturated heterocycles. The molecule has 1 aliphatic carbocycles. The number of hydrogen-bond acceptors (Lipinski definition) is 2. The molecule has 74 valence electrons. The predicted octanol–water partition coefficient (Wildman–Crippen LogP) is 0.119. The summed E-state index contributed by atoms with van der Waals surface area (Å²) in [6.07, 6.45) is 4.59. The first-order valence-corrected chi connectivity index (χ1v) is 4.63. The number of nitrogens with zero attached hydrogens (tertiary/aromatic N) is 1. The van der Waals surface area contributed by atoms with Crippen molar-refractivity contribution in [2.24, 2.45) is 11.7 Å². The Kier molecular flexibility index (Phi) is 3.28. The molecule has 0 spiro atoms. The van der Waals surface area contributed by atoms with Gasteiger partial charge in [0.15, 0.2) is 0 Å². The average Bonchev–Trinajstić information content (AvgIpc) is 2.16. The normalized spacial score (nSPS) is 28.1. The van der Waals surface area contributed by atoms with Crippen LogP contribution in [0.25, 0.3) is 0 Å². The first-order valence-electron chi connectivity index (χ1n) is 4.63. The highest BCUT2D eigenvalue weighted by Gasteiger charge is 2.31. The molecule has 4 heteroatoms. The molecular formula is C9H16N2O2. The van der Waals surface area contributed by atoms with Crippen molar-refractivity contribution in [2.45, 2.75) is 31.7 Å². The predicted molar refractivity (Wildman–Crippen MR) is 48.8 cm³/mol. The summed E-state index contributed by atoms with van der Waals surface area (Å²) in [5, 5.41) is 0. The second-order valence-electron chi connectivity index (χ2n) is 3.63. The maximum absolute atomic E-state index is 11.1. The van der Waals surface area contributed by atoms with E-state index in [4.69, 9.17) is 5.73 Å². The molecule has 0 aliphatic heterocycles. The number of rotatable bonds is 3. The van der Waals surface area contributed by atoms with Gasteiger partial charge >= 0.3 is 0 Å². The Hall–Kier alpha value is -1.06. The molecule has 4 nitrogen and oxygen atoms in total. The largest absolute Gasteiger partial charge is 0.369 e. The number of primary amides is 1. The van der Waals surface area contributed by atoms with E-state index in [0.29, 0.717) is 0 Å². The van der Waals surface area contributed by atoms with Crippen molar-refractivity contribution < 1.29 is 9.59 Å². The summed E-state index contributed by atoms with van der Waals surface area (Å²) in [5.74, 6) is -0.428. The molecule has 13 heavy (non-hydrogen) atoms. The van der Waals surface area contributed by atoms with Crippen LogP contribution in [0.3, 0.4) is 0 Å². The summed E-state index contributed by atoms with van der Waals surface area (Å²) in [7, 11) is 1.71. The van der Waals surface area contributed by atoms with Crippen LogP contribution in [0.1, 0.15) is 25.7 Å². The number of carbonyl (C=O) groups excluding carboxylic acids is 2. The van der Waals surface area contributed by atoms with Gasteiger partial charge in [0.1, 0.15) is 0 Å². The molecule has 0 radical (unpaired) electrons. The zero-order valence-corrected chi connectivity index (χ0v) is 7.90. The average molecular weight is 184 g/mol. The minimum absolute atomic E-state index is 0.0174. The molecule has 1 saturated carbocycles. The molecule has 2 atom stereocenters. The van der Waals surface area contributed by atoms with Crippen LogP contribution in [-0.2, 0) is 9.59 Å². The first-order chi connectivity index (χ1) is 6.16. The van der Waals surface area contributed by atoms with Gasteiger partial charge < -0.3 is 10.6 Å². The zero-order chi connectivity index (χ0) is 9.84. The molecule has 2 N–H and O–H groups in total. The van der Waals surface area contributed by atoms with Gasteiger partial charge in [-0.3, -0.25) is 9.59 Å². The third-order valence-electron chi connectivity index (χ3n) is 2.78. The van der Waals surface area contributed by atoms with Gasteiger partial charge in [0.2, 0.25) is 12.3 Å². The van der Waals surface area contributed by atoms with Gasteiger partial charge in [-0.05, 0) is 12.8 Å². The summed E-state index contributed by atoms with van der Waals surface area (Å²) in [5.41, 5.74) is 5.27. The SMILES string of the molecule is CN(C=O)C1CCCCC1C(N)=O. The number of carbonyl (C=O) groups is 2. The number of nitrogens with two attached hydrogens (primary N) is 1. The van der Waals surface area contributed by atoms with Gasteiger partial charge in [-0.1, -0.05) is 12.8 Å². The van der Waals surface area contributed by atoms with Crippen molar-refractivity contribution in [1.29, 1.82) is 0 Å². The molecule has 1 rings (SSSR count). The zero-order valence-electron chi connectivity index (χ0n) is 7.90. The maximum atomic E-state index is 11.1. The van der Waals surface area contributed by atoms with Gasteiger partial charge in [-0.15, -0.1) is 0 Å². The lowest BCUT2D eigenvalue weighted by molar-refractivity contribution is -0.128. The van der Waals surface area contributed by atoms with Crippen LogP contribution in [0.4, 0.5) is 0 Å². The van der Waals surface area contributed by atoms with Crippen LogP contribution in [0, 0.1) is 5.92 Å². The van der Waals surface area contributed by atoms with Crippen LogP contribution >= 0.6 is 0 Å². The summed E-state index contributed by atoms with van der Waals surface area (Å²) < 4.78 is 0. The van der Waals surface area contributed by atoms with Crippen molar-refractivity contribution >= 4 is 12.3 Å². The summed E-state index contributed by atoms with van der Waals surface area (Å²) in [6, 6.07) is 0.0174. The molecule has 0 aromatic heterocycles. The van der Waals surface area contributed by atoms with E-state index in [2.05, 4.69) is 0 Å². The first kappa shape index (κ1) is 10.0. The Morgan fingerprint density at radius 3 is 2.62 bits per heavy atom. The minimum atomic E-state index is -0.279. The van der Waals surface area contributed by atoms with E-state index in [1.807, 2.05) is 0 Å². The second-order valence-corrected chi connectivity index (χ2v) is 3.63. The fourth-order valence-corrected chi connectivity index (χ4v) is 2.01. The van der Waals surface area contributed by atoms with Crippen molar-refractivity contribution in [3.63, 3.8) is 0 Å². The molecule has 2 amide bonds. The highest BCUT2D eigenvalue weighted by atomic mass is 16.1. The van der Waals surface area contributed by atoms with Crippen molar-refractivity contribution in [2.75, 3.05) is 7.05 Å². The highest BCUT2D eigenvalue weighted by molar-refractivity contribution is 5.77. The minimum Gasteiger partial charge on any atom is -0.369 e. The fourth-order valence-electron chi connectivity index (χ4n) is 2.01. The van der Waals surface area contributed by atoms with Crippen LogP contribution in [0.5, 0.6) is 0 Å². The molecule has 0 aromatic rings. The van der Waals surface area contributed by atoms with Gasteiger partial charge in [-0.25, -0.2) is 0 Å². The number of amides is 2. The van der Waals surface area contributed by atoms with Gasteiger partial charge in [0, 0.05) is 13.1 Å². The monoisotopic (exact) mass is 184 g/mol. The third-order valence-corrected chi connectivity index (χ3v) is 2.78.